The summed E-state index contributed by atoms with van der Waals surface area (Å²) in [7, 11) is 7.51. The Morgan fingerprint density at radius 1 is 0.794 bits per heavy atom. The van der Waals surface area contributed by atoms with Crippen molar-refractivity contribution in [3.8, 4) is 5.75 Å². The normalized spacial score (nSPS) is 14.0. The Kier molecular flexibility index (Phi) is 6.16. The van der Waals surface area contributed by atoms with E-state index in [0.717, 1.165) is 28.2 Å². The van der Waals surface area contributed by atoms with E-state index in [4.69, 9.17) is 4.99 Å². The number of hydrogen-bond donors (Lipinski definition) is 2. The number of benzene rings is 3. The molecular weight excluding hydrogens is 424 g/mol. The van der Waals surface area contributed by atoms with Gasteiger partial charge >= 0.3 is 0 Å². The Balaban J connectivity index is 1.96. The maximum absolute atomic E-state index is 13.8. The number of phenolic OH excluding ortho intramolecular Hbond substituents is 1. The maximum atomic E-state index is 13.8. The summed E-state index contributed by atoms with van der Waals surface area (Å²) in [5.74, 6) is -0.154. The number of carbonyl (C=O) groups is 1. The number of ketones is 1. The molecule has 6 heteroatoms. The number of nitrogens with one attached hydrogen (secondary N) is 1. The molecule has 3 aromatic carbocycles. The van der Waals surface area contributed by atoms with Crippen molar-refractivity contribution in [1.82, 2.24) is 0 Å². The molecule has 0 amide bonds. The quantitative estimate of drug-likeness (QED) is 0.536. The summed E-state index contributed by atoms with van der Waals surface area (Å²) in [6, 6.07) is 17.5. The van der Waals surface area contributed by atoms with Crippen LogP contribution >= 0.6 is 0 Å². The number of carbonyl (C=O) groups excluding carboxylic acids is 1. The molecule has 6 nitrogen and oxygen atoms in total. The van der Waals surface area contributed by atoms with Crippen LogP contribution in [0.25, 0.3) is 0 Å². The zero-order valence-electron chi connectivity index (χ0n) is 20.5. The van der Waals surface area contributed by atoms with Crippen LogP contribution in [-0.2, 0) is 0 Å². The number of hydrogen-bond acceptors (Lipinski definition) is 6. The molecule has 0 atom stereocenters. The fraction of sp³-hybridized carbons (Fsp3) is 0.214. The first-order chi connectivity index (χ1) is 16.2. The van der Waals surface area contributed by atoms with Crippen molar-refractivity contribution < 1.29 is 9.90 Å². The third-order valence-corrected chi connectivity index (χ3v) is 5.85. The first-order valence-electron chi connectivity index (χ1n) is 11.2. The fourth-order valence-electron chi connectivity index (χ4n) is 3.96. The Hall–Kier alpha value is -4.06. The molecule has 0 heterocycles. The van der Waals surface area contributed by atoms with Crippen LogP contribution in [0.1, 0.15) is 27.0 Å². The molecular formula is C28H30N4O2. The van der Waals surface area contributed by atoms with Crippen molar-refractivity contribution >= 4 is 34.2 Å². The molecule has 34 heavy (non-hydrogen) atoms. The predicted octanol–water partition coefficient (Wildman–Crippen LogP) is 5.45. The van der Waals surface area contributed by atoms with Gasteiger partial charge in [-0.2, -0.15) is 0 Å². The first-order valence-corrected chi connectivity index (χ1v) is 11.2. The Labute approximate surface area is 200 Å². The van der Waals surface area contributed by atoms with Gasteiger partial charge in [0.05, 0.1) is 39.6 Å². The SMILES string of the molecule is Cc1ccc(N=C2C=C(Nc3ccc(C)cc3)C(=O)c3c(N(C)C)cc(N(C)C)c(O)c32)cc1. The molecule has 0 radical (unpaired) electrons. The highest BCUT2D eigenvalue weighted by Gasteiger charge is 2.33. The summed E-state index contributed by atoms with van der Waals surface area (Å²) >= 11 is 0. The minimum Gasteiger partial charge on any atom is -0.505 e. The second-order valence-corrected chi connectivity index (χ2v) is 9.01. The van der Waals surface area contributed by atoms with E-state index in [1.165, 1.54) is 0 Å². The monoisotopic (exact) mass is 454 g/mol. The molecule has 1 aliphatic rings. The molecule has 0 fully saturated rings. The fourth-order valence-corrected chi connectivity index (χ4v) is 3.96. The topological polar surface area (TPSA) is 68.2 Å². The average Bonchev–Trinajstić information content (AvgIpc) is 2.79. The Morgan fingerprint density at radius 3 is 1.91 bits per heavy atom. The van der Waals surface area contributed by atoms with E-state index in [2.05, 4.69) is 5.32 Å². The van der Waals surface area contributed by atoms with Gasteiger partial charge in [0.1, 0.15) is 5.75 Å². The summed E-state index contributed by atoms with van der Waals surface area (Å²) in [5.41, 5.74) is 6.96. The summed E-state index contributed by atoms with van der Waals surface area (Å²) in [5, 5.41) is 14.6. The van der Waals surface area contributed by atoms with Crippen molar-refractivity contribution in [2.75, 3.05) is 43.3 Å². The van der Waals surface area contributed by atoms with Crippen molar-refractivity contribution in [2.24, 2.45) is 4.99 Å². The molecule has 2 N–H and O–H groups in total. The van der Waals surface area contributed by atoms with Gasteiger partial charge in [0.2, 0.25) is 5.78 Å². The smallest absolute Gasteiger partial charge is 0.212 e. The zero-order valence-corrected chi connectivity index (χ0v) is 20.5. The molecule has 0 unspecified atom stereocenters. The zero-order chi connectivity index (χ0) is 24.6. The summed E-state index contributed by atoms with van der Waals surface area (Å²) in [6.45, 7) is 4.04. The minimum absolute atomic E-state index is 0.0375. The van der Waals surface area contributed by atoms with Gasteiger partial charge in [-0.1, -0.05) is 35.4 Å². The van der Waals surface area contributed by atoms with E-state index in [1.54, 1.807) is 6.08 Å². The molecule has 0 saturated carbocycles. The van der Waals surface area contributed by atoms with E-state index in [-0.39, 0.29) is 11.5 Å². The van der Waals surface area contributed by atoms with Crippen molar-refractivity contribution in [1.29, 1.82) is 0 Å². The van der Waals surface area contributed by atoms with Gasteiger partial charge < -0.3 is 20.2 Å². The first kappa shape index (κ1) is 23.1. The highest BCUT2D eigenvalue weighted by molar-refractivity contribution is 6.31. The van der Waals surface area contributed by atoms with Crippen LogP contribution in [0, 0.1) is 13.8 Å². The number of rotatable bonds is 5. The lowest BCUT2D eigenvalue weighted by Crippen LogP contribution is -2.26. The van der Waals surface area contributed by atoms with Gasteiger partial charge in [-0.15, -0.1) is 0 Å². The van der Waals surface area contributed by atoms with Gasteiger partial charge in [-0.05, 0) is 50.3 Å². The number of aryl methyl sites for hydroxylation is 2. The summed E-state index contributed by atoms with van der Waals surface area (Å²) in [4.78, 5) is 22.3. The lowest BCUT2D eigenvalue weighted by atomic mass is 9.88. The van der Waals surface area contributed by atoms with E-state index in [0.29, 0.717) is 28.2 Å². The third kappa shape index (κ3) is 4.39. The van der Waals surface area contributed by atoms with Gasteiger partial charge in [-0.3, -0.25) is 4.79 Å². The van der Waals surface area contributed by atoms with Crippen LogP contribution in [0.3, 0.4) is 0 Å². The Bertz CT molecular complexity index is 1300. The lowest BCUT2D eigenvalue weighted by Gasteiger charge is -2.28. The van der Waals surface area contributed by atoms with Crippen molar-refractivity contribution in [3.63, 3.8) is 0 Å². The summed E-state index contributed by atoms with van der Waals surface area (Å²) in [6.07, 6.45) is 1.73. The molecule has 0 aromatic heterocycles. The molecule has 174 valence electrons. The number of phenols is 1. The number of allylic oxidation sites excluding steroid dienone is 2. The van der Waals surface area contributed by atoms with Gasteiger partial charge in [-0.25, -0.2) is 4.99 Å². The van der Waals surface area contributed by atoms with Crippen molar-refractivity contribution in [2.45, 2.75) is 13.8 Å². The molecule has 0 saturated heterocycles. The maximum Gasteiger partial charge on any atom is 0.212 e. The van der Waals surface area contributed by atoms with E-state index in [1.807, 2.05) is 106 Å². The highest BCUT2D eigenvalue weighted by Crippen LogP contribution is 2.42. The van der Waals surface area contributed by atoms with Crippen LogP contribution in [0.4, 0.5) is 22.7 Å². The highest BCUT2D eigenvalue weighted by atomic mass is 16.3. The second-order valence-electron chi connectivity index (χ2n) is 9.01. The molecule has 1 aliphatic carbocycles. The second kappa shape index (κ2) is 9.06. The lowest BCUT2D eigenvalue weighted by molar-refractivity contribution is 0.103. The average molecular weight is 455 g/mol. The molecule has 4 rings (SSSR count). The Morgan fingerprint density at radius 2 is 1.35 bits per heavy atom. The number of anilines is 3. The van der Waals surface area contributed by atoms with Crippen LogP contribution in [0.15, 0.2) is 71.4 Å². The summed E-state index contributed by atoms with van der Waals surface area (Å²) < 4.78 is 0. The minimum atomic E-state index is -0.192. The van der Waals surface area contributed by atoms with Gasteiger partial charge in [0.15, 0.2) is 0 Å². The van der Waals surface area contributed by atoms with Crippen LogP contribution < -0.4 is 15.1 Å². The van der Waals surface area contributed by atoms with Crippen LogP contribution in [-0.4, -0.2) is 44.8 Å². The molecule has 0 bridgehead atoms. The third-order valence-electron chi connectivity index (χ3n) is 5.85. The number of aromatic hydroxyl groups is 1. The molecule has 0 spiro atoms. The molecule has 0 aliphatic heterocycles. The largest absolute Gasteiger partial charge is 0.505 e. The number of nitrogens with zero attached hydrogens (tertiary/aromatic N) is 3. The van der Waals surface area contributed by atoms with E-state index in [9.17, 15) is 9.90 Å². The number of fused-ring (bicyclic) bond motifs is 1. The van der Waals surface area contributed by atoms with E-state index < -0.39 is 0 Å². The standard InChI is InChI=1S/C28H30N4O2/c1-17-7-11-19(12-8-17)29-21-15-22(30-20-13-9-18(2)10-14-20)27(33)26-23(31(3)4)16-24(32(5)6)28(34)25(21)26/h7-16,30,34H,1-6H3. The van der Waals surface area contributed by atoms with Crippen LogP contribution in [0.5, 0.6) is 5.75 Å². The van der Waals surface area contributed by atoms with Crippen molar-refractivity contribution in [3.05, 3.63) is 88.6 Å². The number of Topliss-reactive ketones (excluding diaryl/α,β-unsaturated/α-hetero) is 1. The molecule has 3 aromatic rings. The number of aliphatic imine (C=N–C) groups is 1. The predicted molar refractivity (Wildman–Crippen MR) is 141 cm³/mol. The van der Waals surface area contributed by atoms with Gasteiger partial charge in [0.25, 0.3) is 0 Å². The van der Waals surface area contributed by atoms with E-state index >= 15 is 0 Å². The van der Waals surface area contributed by atoms with Gasteiger partial charge in [0, 0.05) is 33.9 Å². The van der Waals surface area contributed by atoms with Crippen LogP contribution in [0.2, 0.25) is 0 Å².